The van der Waals surface area contributed by atoms with Gasteiger partial charge in [0.1, 0.15) is 6.04 Å². The SMILES string of the molecule is O=C(O)C1CC2CCCCC2N1C(=O)CN1CCCCCC1=O. The van der Waals surface area contributed by atoms with Crippen LogP contribution in [0.5, 0.6) is 0 Å². The molecule has 2 amide bonds. The molecule has 3 unspecified atom stereocenters. The van der Waals surface area contributed by atoms with E-state index in [2.05, 4.69) is 0 Å². The van der Waals surface area contributed by atoms with Crippen molar-refractivity contribution in [2.24, 2.45) is 5.92 Å². The number of aliphatic carboxylic acids is 1. The molecular formula is C17H26N2O4. The molecule has 6 nitrogen and oxygen atoms in total. The van der Waals surface area contributed by atoms with E-state index in [1.165, 1.54) is 0 Å². The Labute approximate surface area is 136 Å². The second kappa shape index (κ2) is 6.89. The van der Waals surface area contributed by atoms with Crippen molar-refractivity contribution in [1.29, 1.82) is 0 Å². The highest BCUT2D eigenvalue weighted by Crippen LogP contribution is 2.39. The number of amides is 2. The maximum atomic E-state index is 12.8. The number of nitrogens with zero attached hydrogens (tertiary/aromatic N) is 2. The Morgan fingerprint density at radius 2 is 1.87 bits per heavy atom. The van der Waals surface area contributed by atoms with Crippen molar-refractivity contribution in [3.63, 3.8) is 0 Å². The lowest BCUT2D eigenvalue weighted by Gasteiger charge is -2.34. The summed E-state index contributed by atoms with van der Waals surface area (Å²) in [6.45, 7) is 0.663. The van der Waals surface area contributed by atoms with E-state index >= 15 is 0 Å². The third-order valence-corrected chi connectivity index (χ3v) is 5.66. The fraction of sp³-hybridized carbons (Fsp3) is 0.824. The lowest BCUT2D eigenvalue weighted by atomic mass is 9.85. The third kappa shape index (κ3) is 3.35. The fourth-order valence-corrected chi connectivity index (χ4v) is 4.49. The van der Waals surface area contributed by atoms with E-state index in [-0.39, 0.29) is 24.4 Å². The summed E-state index contributed by atoms with van der Waals surface area (Å²) in [4.78, 5) is 39.7. The van der Waals surface area contributed by atoms with Crippen molar-refractivity contribution in [1.82, 2.24) is 9.80 Å². The van der Waals surface area contributed by atoms with Gasteiger partial charge in [-0.2, -0.15) is 0 Å². The molecule has 0 radical (unpaired) electrons. The molecule has 2 heterocycles. The smallest absolute Gasteiger partial charge is 0.326 e. The van der Waals surface area contributed by atoms with Gasteiger partial charge in [-0.1, -0.05) is 19.3 Å². The van der Waals surface area contributed by atoms with Gasteiger partial charge in [-0.05, 0) is 38.0 Å². The summed E-state index contributed by atoms with van der Waals surface area (Å²) in [6.07, 6.45) is 7.99. The molecule has 6 heteroatoms. The largest absolute Gasteiger partial charge is 0.480 e. The van der Waals surface area contributed by atoms with E-state index in [0.717, 1.165) is 44.9 Å². The van der Waals surface area contributed by atoms with Crippen LogP contribution in [0.1, 0.15) is 57.8 Å². The first kappa shape index (κ1) is 16.3. The van der Waals surface area contributed by atoms with Crippen molar-refractivity contribution in [2.45, 2.75) is 69.9 Å². The zero-order chi connectivity index (χ0) is 16.4. The predicted molar refractivity (Wildman–Crippen MR) is 83.7 cm³/mol. The molecule has 1 saturated carbocycles. The molecule has 0 aromatic rings. The number of fused-ring (bicyclic) bond motifs is 1. The van der Waals surface area contributed by atoms with Gasteiger partial charge in [-0.25, -0.2) is 4.79 Å². The Hall–Kier alpha value is -1.59. The van der Waals surface area contributed by atoms with E-state index in [1.54, 1.807) is 9.80 Å². The minimum atomic E-state index is -0.907. The number of carbonyl (C=O) groups is 3. The second-order valence-electron chi connectivity index (χ2n) is 7.13. The molecule has 0 bridgehead atoms. The van der Waals surface area contributed by atoms with Gasteiger partial charge in [0.15, 0.2) is 0 Å². The van der Waals surface area contributed by atoms with Crippen LogP contribution in [0.15, 0.2) is 0 Å². The quantitative estimate of drug-likeness (QED) is 0.857. The normalized spacial score (nSPS) is 31.7. The lowest BCUT2D eigenvalue weighted by molar-refractivity contribution is -0.151. The Bertz CT molecular complexity index is 493. The molecule has 3 rings (SSSR count). The highest BCUT2D eigenvalue weighted by molar-refractivity contribution is 5.89. The van der Waals surface area contributed by atoms with Gasteiger partial charge in [-0.15, -0.1) is 0 Å². The van der Waals surface area contributed by atoms with Gasteiger partial charge in [0.25, 0.3) is 0 Å². The summed E-state index contributed by atoms with van der Waals surface area (Å²) in [7, 11) is 0. The lowest BCUT2D eigenvalue weighted by Crippen LogP contribution is -2.50. The molecule has 1 N–H and O–H groups in total. The number of carboxylic acid groups (broad SMARTS) is 1. The van der Waals surface area contributed by atoms with Crippen LogP contribution in [0.25, 0.3) is 0 Å². The van der Waals surface area contributed by atoms with Crippen LogP contribution in [0, 0.1) is 5.92 Å². The minimum Gasteiger partial charge on any atom is -0.480 e. The third-order valence-electron chi connectivity index (χ3n) is 5.66. The maximum Gasteiger partial charge on any atom is 0.326 e. The second-order valence-corrected chi connectivity index (χ2v) is 7.13. The summed E-state index contributed by atoms with van der Waals surface area (Å²) in [5.74, 6) is -0.743. The van der Waals surface area contributed by atoms with E-state index in [1.807, 2.05) is 0 Å². The van der Waals surface area contributed by atoms with E-state index in [9.17, 15) is 19.5 Å². The summed E-state index contributed by atoms with van der Waals surface area (Å²) in [5.41, 5.74) is 0. The highest BCUT2D eigenvalue weighted by atomic mass is 16.4. The average molecular weight is 322 g/mol. The van der Waals surface area contributed by atoms with Crippen LogP contribution in [0.2, 0.25) is 0 Å². The molecule has 0 spiro atoms. The number of carboxylic acids is 1. The molecule has 0 aromatic heterocycles. The van der Waals surface area contributed by atoms with Crippen molar-refractivity contribution >= 4 is 17.8 Å². The number of carbonyl (C=O) groups excluding carboxylic acids is 2. The Kier molecular flexibility index (Phi) is 4.87. The summed E-state index contributed by atoms with van der Waals surface area (Å²) in [6, 6.07) is -0.655. The molecule has 0 aromatic carbocycles. The van der Waals surface area contributed by atoms with E-state index in [4.69, 9.17) is 0 Å². The van der Waals surface area contributed by atoms with Gasteiger partial charge >= 0.3 is 5.97 Å². The molecule has 3 atom stereocenters. The van der Waals surface area contributed by atoms with Gasteiger partial charge in [0, 0.05) is 19.0 Å². The van der Waals surface area contributed by atoms with Gasteiger partial charge in [-0.3, -0.25) is 9.59 Å². The van der Waals surface area contributed by atoms with Crippen molar-refractivity contribution in [3.8, 4) is 0 Å². The van der Waals surface area contributed by atoms with Gasteiger partial charge in [0.2, 0.25) is 11.8 Å². The average Bonchev–Trinajstić information content (AvgIpc) is 2.82. The molecule has 3 aliphatic rings. The summed E-state index contributed by atoms with van der Waals surface area (Å²) in [5, 5.41) is 9.51. The Morgan fingerprint density at radius 3 is 2.65 bits per heavy atom. The van der Waals surface area contributed by atoms with E-state index in [0.29, 0.717) is 25.3 Å². The van der Waals surface area contributed by atoms with Crippen molar-refractivity contribution < 1.29 is 19.5 Å². The summed E-state index contributed by atoms with van der Waals surface area (Å²) >= 11 is 0. The van der Waals surface area contributed by atoms with E-state index < -0.39 is 12.0 Å². The van der Waals surface area contributed by atoms with Crippen LogP contribution in [-0.4, -0.2) is 57.9 Å². The molecule has 23 heavy (non-hydrogen) atoms. The van der Waals surface area contributed by atoms with Gasteiger partial charge < -0.3 is 14.9 Å². The fourth-order valence-electron chi connectivity index (χ4n) is 4.49. The number of hydrogen-bond acceptors (Lipinski definition) is 3. The first-order chi connectivity index (χ1) is 11.1. The van der Waals surface area contributed by atoms with Crippen LogP contribution >= 0.6 is 0 Å². The Morgan fingerprint density at radius 1 is 1.09 bits per heavy atom. The number of hydrogen-bond donors (Lipinski definition) is 1. The zero-order valence-electron chi connectivity index (χ0n) is 13.6. The van der Waals surface area contributed by atoms with Crippen molar-refractivity contribution in [3.05, 3.63) is 0 Å². The standard InChI is InChI=1S/C17H26N2O4/c20-15-8-2-1-5-9-18(15)11-16(21)19-13-7-4-3-6-12(13)10-14(19)17(22)23/h12-14H,1-11H2,(H,22,23). The highest BCUT2D eigenvalue weighted by Gasteiger charge is 2.47. The van der Waals surface area contributed by atoms with Crippen LogP contribution in [0.4, 0.5) is 0 Å². The Balaban J connectivity index is 1.72. The number of rotatable bonds is 3. The van der Waals surface area contributed by atoms with Gasteiger partial charge in [0.05, 0.1) is 6.54 Å². The molecule has 128 valence electrons. The first-order valence-corrected chi connectivity index (χ1v) is 8.89. The number of likely N-dealkylation sites (tertiary alicyclic amines) is 2. The topological polar surface area (TPSA) is 77.9 Å². The summed E-state index contributed by atoms with van der Waals surface area (Å²) < 4.78 is 0. The molecular weight excluding hydrogens is 296 g/mol. The van der Waals surface area contributed by atoms with Crippen LogP contribution in [0.3, 0.4) is 0 Å². The molecule has 2 saturated heterocycles. The maximum absolute atomic E-state index is 12.8. The zero-order valence-corrected chi connectivity index (χ0v) is 13.6. The minimum absolute atomic E-state index is 0.0297. The van der Waals surface area contributed by atoms with Crippen LogP contribution < -0.4 is 0 Å². The predicted octanol–water partition coefficient (Wildman–Crippen LogP) is 1.63. The first-order valence-electron chi connectivity index (χ1n) is 8.89. The molecule has 1 aliphatic carbocycles. The van der Waals surface area contributed by atoms with Crippen LogP contribution in [-0.2, 0) is 14.4 Å². The monoisotopic (exact) mass is 322 g/mol. The molecule has 2 aliphatic heterocycles. The van der Waals surface area contributed by atoms with Crippen molar-refractivity contribution in [2.75, 3.05) is 13.1 Å². The molecule has 3 fully saturated rings.